The molecule has 0 spiro atoms. The summed E-state index contributed by atoms with van der Waals surface area (Å²) in [4.78, 5) is 28.7. The highest BCUT2D eigenvalue weighted by atomic mass is 79.9. The van der Waals surface area contributed by atoms with Crippen LogP contribution in [0.25, 0.3) is 0 Å². The number of Topliss-reactive ketones (excluding diaryl/α,β-unsaturated/α-hetero) is 2. The summed E-state index contributed by atoms with van der Waals surface area (Å²) in [7, 11) is 2.01. The van der Waals surface area contributed by atoms with Gasteiger partial charge in [0.15, 0.2) is 23.1 Å². The van der Waals surface area contributed by atoms with E-state index in [2.05, 4.69) is 36.8 Å². The molecule has 0 fully saturated rings. The Balaban J connectivity index is 1.60. The zero-order chi connectivity index (χ0) is 25.4. The number of nitrogens with zero attached hydrogens (tertiary/aromatic N) is 1. The molecule has 36 heavy (non-hydrogen) atoms. The van der Waals surface area contributed by atoms with Gasteiger partial charge in [0.05, 0.1) is 11.1 Å². The lowest BCUT2D eigenvalue weighted by Crippen LogP contribution is -2.37. The number of allylic oxidation sites excluding steroid dienone is 4. The Labute approximate surface area is 228 Å². The van der Waals surface area contributed by atoms with Crippen LogP contribution in [-0.4, -0.2) is 30.1 Å². The number of carbonyl (C=O) groups excluding carboxylic acids is 2. The maximum Gasteiger partial charge on any atom is 0.175 e. The number of benzene rings is 2. The van der Waals surface area contributed by atoms with Gasteiger partial charge in [-0.3, -0.25) is 9.59 Å². The van der Waals surface area contributed by atoms with Crippen LogP contribution in [0.1, 0.15) is 62.5 Å². The maximum atomic E-state index is 13.3. The first-order chi connectivity index (χ1) is 17.4. The number of halogens is 2. The molecule has 0 amide bonds. The fourth-order valence-electron chi connectivity index (χ4n) is 5.61. The van der Waals surface area contributed by atoms with E-state index in [1.54, 1.807) is 0 Å². The first-order valence-corrected chi connectivity index (χ1v) is 14.1. The Morgan fingerprint density at radius 1 is 0.889 bits per heavy atom. The third-order valence-electron chi connectivity index (χ3n) is 7.24. The van der Waals surface area contributed by atoms with Gasteiger partial charge in [0.2, 0.25) is 0 Å². The van der Waals surface area contributed by atoms with Crippen molar-refractivity contribution in [3.05, 3.63) is 79.0 Å². The molecular weight excluding hydrogens is 586 g/mol. The fourth-order valence-corrected chi connectivity index (χ4v) is 6.58. The Morgan fingerprint density at radius 2 is 1.53 bits per heavy atom. The average Bonchev–Trinajstić information content (AvgIpc) is 2.86. The highest BCUT2D eigenvalue weighted by Gasteiger charge is 2.42. The quantitative estimate of drug-likeness (QED) is 0.343. The van der Waals surface area contributed by atoms with Crippen LogP contribution in [-0.2, 0) is 16.2 Å². The van der Waals surface area contributed by atoms with Gasteiger partial charge in [0.25, 0.3) is 0 Å². The minimum absolute atomic E-state index is 0.140. The molecule has 2 aliphatic carbocycles. The summed E-state index contributed by atoms with van der Waals surface area (Å²) in [6.45, 7) is 2.77. The largest absolute Gasteiger partial charge is 0.490 e. The van der Waals surface area contributed by atoms with Crippen LogP contribution in [0.3, 0.4) is 0 Å². The van der Waals surface area contributed by atoms with Crippen molar-refractivity contribution in [1.82, 2.24) is 4.90 Å². The van der Waals surface area contributed by atoms with Crippen LogP contribution in [0.4, 0.5) is 0 Å². The standard InChI is InChI=1S/C29H29Br2NO4/c1-3-35-25-15-18(14-20(31)29(25)36-16-17-8-4-5-9-19(17)30)26-27-21(10-6-12-23(27)33)32(2)22-11-7-13-24(34)28(22)26/h4-5,8-9,14-15,26H,3,6-7,10-13,16H2,1-2H3. The van der Waals surface area contributed by atoms with Gasteiger partial charge in [0.1, 0.15) is 6.61 Å². The van der Waals surface area contributed by atoms with Crippen LogP contribution in [0.2, 0.25) is 0 Å². The Morgan fingerprint density at radius 3 is 2.14 bits per heavy atom. The van der Waals surface area contributed by atoms with Crippen LogP contribution < -0.4 is 9.47 Å². The van der Waals surface area contributed by atoms with E-state index in [0.29, 0.717) is 37.6 Å². The fraction of sp³-hybridized carbons (Fsp3) is 0.379. The van der Waals surface area contributed by atoms with Crippen LogP contribution in [0, 0.1) is 0 Å². The van der Waals surface area contributed by atoms with Crippen molar-refractivity contribution >= 4 is 43.4 Å². The van der Waals surface area contributed by atoms with E-state index >= 15 is 0 Å². The molecule has 0 unspecified atom stereocenters. The van der Waals surface area contributed by atoms with Gasteiger partial charge in [-0.05, 0) is 72.3 Å². The predicted octanol–water partition coefficient (Wildman–Crippen LogP) is 7.23. The molecule has 0 saturated carbocycles. The van der Waals surface area contributed by atoms with E-state index in [9.17, 15) is 9.59 Å². The van der Waals surface area contributed by atoms with E-state index < -0.39 is 0 Å². The number of ketones is 2. The van der Waals surface area contributed by atoms with Crippen molar-refractivity contribution in [1.29, 1.82) is 0 Å². The van der Waals surface area contributed by atoms with Gasteiger partial charge in [-0.25, -0.2) is 0 Å². The summed E-state index contributed by atoms with van der Waals surface area (Å²) in [6, 6.07) is 11.9. The zero-order valence-corrected chi connectivity index (χ0v) is 23.7. The van der Waals surface area contributed by atoms with E-state index in [4.69, 9.17) is 9.47 Å². The Bertz CT molecular complexity index is 1250. The molecule has 0 radical (unpaired) electrons. The van der Waals surface area contributed by atoms with Crippen molar-refractivity contribution in [3.63, 3.8) is 0 Å². The van der Waals surface area contributed by atoms with Crippen molar-refractivity contribution < 1.29 is 19.1 Å². The number of hydrogen-bond donors (Lipinski definition) is 0. The average molecular weight is 615 g/mol. The third kappa shape index (κ3) is 4.56. The van der Waals surface area contributed by atoms with Crippen LogP contribution in [0.5, 0.6) is 11.5 Å². The first-order valence-electron chi connectivity index (χ1n) is 12.5. The minimum Gasteiger partial charge on any atom is -0.490 e. The molecule has 7 heteroatoms. The van der Waals surface area contributed by atoms with Gasteiger partial charge in [-0.2, -0.15) is 0 Å². The molecule has 2 aromatic rings. The second kappa shape index (κ2) is 10.5. The zero-order valence-electron chi connectivity index (χ0n) is 20.5. The van der Waals surface area contributed by atoms with Gasteiger partial charge in [-0.15, -0.1) is 0 Å². The van der Waals surface area contributed by atoms with Crippen molar-refractivity contribution in [3.8, 4) is 11.5 Å². The third-order valence-corrected chi connectivity index (χ3v) is 8.60. The predicted molar refractivity (Wildman–Crippen MR) is 146 cm³/mol. The maximum absolute atomic E-state index is 13.3. The first kappa shape index (κ1) is 25.3. The van der Waals surface area contributed by atoms with Gasteiger partial charge in [0, 0.05) is 58.4 Å². The lowest BCUT2D eigenvalue weighted by molar-refractivity contribution is -0.117. The van der Waals surface area contributed by atoms with Crippen LogP contribution >= 0.6 is 31.9 Å². The smallest absolute Gasteiger partial charge is 0.175 e. The van der Waals surface area contributed by atoms with Crippen molar-refractivity contribution in [2.75, 3.05) is 13.7 Å². The van der Waals surface area contributed by atoms with Crippen molar-refractivity contribution in [2.45, 2.75) is 58.0 Å². The highest BCUT2D eigenvalue weighted by molar-refractivity contribution is 9.10. The van der Waals surface area contributed by atoms with Crippen molar-refractivity contribution in [2.24, 2.45) is 0 Å². The second-order valence-electron chi connectivity index (χ2n) is 9.41. The summed E-state index contributed by atoms with van der Waals surface area (Å²) in [5.74, 6) is 1.11. The van der Waals surface area contributed by atoms with E-state index in [1.807, 2.05) is 50.4 Å². The number of carbonyl (C=O) groups is 2. The topological polar surface area (TPSA) is 55.8 Å². The molecule has 3 aliphatic rings. The lowest BCUT2D eigenvalue weighted by Gasteiger charge is -2.42. The Kier molecular flexibility index (Phi) is 7.40. The summed E-state index contributed by atoms with van der Waals surface area (Å²) < 4.78 is 14.0. The normalized spacial score (nSPS) is 18.4. The number of rotatable bonds is 6. The molecule has 1 heterocycles. The Hall–Kier alpha value is -2.38. The molecule has 0 bridgehead atoms. The van der Waals surface area contributed by atoms with E-state index in [0.717, 1.165) is 68.3 Å². The number of ether oxygens (including phenoxy) is 2. The summed E-state index contributed by atoms with van der Waals surface area (Å²) in [6.07, 6.45) is 4.44. The number of hydrogen-bond acceptors (Lipinski definition) is 5. The van der Waals surface area contributed by atoms with Gasteiger partial charge in [-0.1, -0.05) is 34.1 Å². The SMILES string of the molecule is CCOc1cc(C2C3=C(CCCC3=O)N(C)C3=C2C(=O)CCC3)cc(Br)c1OCc1ccccc1Br. The highest BCUT2D eigenvalue weighted by Crippen LogP contribution is 2.50. The molecular formula is C29H29Br2NO4. The van der Waals surface area contributed by atoms with Gasteiger partial charge < -0.3 is 14.4 Å². The molecule has 5 nitrogen and oxygen atoms in total. The van der Waals surface area contributed by atoms with E-state index in [-0.39, 0.29) is 17.5 Å². The molecule has 2 aromatic carbocycles. The molecule has 0 N–H and O–H groups in total. The monoisotopic (exact) mass is 613 g/mol. The molecule has 0 aromatic heterocycles. The second-order valence-corrected chi connectivity index (χ2v) is 11.1. The van der Waals surface area contributed by atoms with Gasteiger partial charge >= 0.3 is 0 Å². The van der Waals surface area contributed by atoms with E-state index in [1.165, 1.54) is 0 Å². The summed E-state index contributed by atoms with van der Waals surface area (Å²) in [5, 5.41) is 0. The lowest BCUT2D eigenvalue weighted by atomic mass is 9.71. The minimum atomic E-state index is -0.375. The van der Waals surface area contributed by atoms with Crippen LogP contribution in [0.15, 0.2) is 67.9 Å². The molecule has 0 saturated heterocycles. The summed E-state index contributed by atoms with van der Waals surface area (Å²) in [5.41, 5.74) is 5.58. The molecule has 1 aliphatic heterocycles. The molecule has 0 atom stereocenters. The molecule has 5 rings (SSSR count). The molecule has 188 valence electrons. The summed E-state index contributed by atoms with van der Waals surface area (Å²) >= 11 is 7.30.